The maximum Gasteiger partial charge on any atom is 0.344 e. The van der Waals surface area contributed by atoms with Crippen molar-refractivity contribution in [1.29, 1.82) is 0 Å². The predicted octanol–water partition coefficient (Wildman–Crippen LogP) is 1.42. The number of hydrogen-bond acceptors (Lipinski definition) is 3. The fourth-order valence-corrected chi connectivity index (χ4v) is 1.84. The molecular weight excluding hydrogens is 222 g/mol. The van der Waals surface area contributed by atoms with Crippen LogP contribution < -0.4 is 10.1 Å². The molecule has 0 radical (unpaired) electrons. The Balaban J connectivity index is 2.19. The smallest absolute Gasteiger partial charge is 0.344 e. The fourth-order valence-electron chi connectivity index (χ4n) is 1.84. The summed E-state index contributed by atoms with van der Waals surface area (Å²) in [7, 11) is 0. The molecule has 0 aromatic heterocycles. The van der Waals surface area contributed by atoms with Gasteiger partial charge in [-0.15, -0.1) is 0 Å². The maximum absolute atomic E-state index is 10.9. The highest BCUT2D eigenvalue weighted by Gasteiger charge is 2.25. The summed E-state index contributed by atoms with van der Waals surface area (Å²) in [5.41, 5.74) is 1.63. The van der Waals surface area contributed by atoms with Crippen LogP contribution in [0.1, 0.15) is 18.9 Å². The minimum Gasteiger partial charge on any atom is -0.479 e. The van der Waals surface area contributed by atoms with E-state index in [0.717, 1.165) is 5.56 Å². The molecule has 1 aromatic rings. The van der Waals surface area contributed by atoms with Gasteiger partial charge in [-0.2, -0.15) is 0 Å². The van der Waals surface area contributed by atoms with Gasteiger partial charge in [-0.3, -0.25) is 4.79 Å². The minimum atomic E-state index is -0.943. The van der Waals surface area contributed by atoms with Crippen molar-refractivity contribution in [2.45, 2.75) is 25.9 Å². The van der Waals surface area contributed by atoms with Crippen LogP contribution in [0.25, 0.3) is 0 Å². The summed E-state index contributed by atoms with van der Waals surface area (Å²) in [6.45, 7) is 1.44. The lowest BCUT2D eigenvalue weighted by atomic mass is 10.0. The molecule has 1 aliphatic heterocycles. The molecule has 2 rings (SSSR count). The zero-order chi connectivity index (χ0) is 12.4. The number of aliphatic carboxylic acids is 1. The first-order valence-corrected chi connectivity index (χ1v) is 5.36. The molecule has 0 saturated carbocycles. The van der Waals surface area contributed by atoms with Crippen molar-refractivity contribution in [3.05, 3.63) is 23.8 Å². The molecule has 0 spiro atoms. The molecule has 5 nitrogen and oxygen atoms in total. The number of rotatable bonds is 2. The standard InChI is InChI=1S/C12H13NO4/c1-7(14)13-9-3-5-10-8(6-9)2-4-11(17-10)12(15)16/h3,5-6,11H,2,4H2,1H3,(H,13,14)(H,15,16)/t11-/m1/s1. The van der Waals surface area contributed by atoms with Gasteiger partial charge >= 0.3 is 5.97 Å². The summed E-state index contributed by atoms with van der Waals surface area (Å²) in [5.74, 6) is -0.496. The van der Waals surface area contributed by atoms with E-state index in [1.807, 2.05) is 6.07 Å². The molecule has 0 saturated heterocycles. The Hall–Kier alpha value is -2.04. The first-order valence-electron chi connectivity index (χ1n) is 5.36. The number of ether oxygens (including phenoxy) is 1. The zero-order valence-electron chi connectivity index (χ0n) is 9.40. The highest BCUT2D eigenvalue weighted by atomic mass is 16.5. The number of carboxylic acids is 1. The van der Waals surface area contributed by atoms with Crippen LogP contribution in [0.3, 0.4) is 0 Å². The van der Waals surface area contributed by atoms with Crippen molar-refractivity contribution in [1.82, 2.24) is 0 Å². The molecule has 1 amide bonds. The molecule has 1 heterocycles. The molecule has 0 unspecified atom stereocenters. The van der Waals surface area contributed by atoms with Gasteiger partial charge in [-0.05, 0) is 36.6 Å². The SMILES string of the molecule is CC(=O)Nc1ccc2c(c1)CC[C@H](C(=O)O)O2. The quantitative estimate of drug-likeness (QED) is 0.812. The summed E-state index contributed by atoms with van der Waals surface area (Å²) in [6, 6.07) is 5.20. The van der Waals surface area contributed by atoms with Gasteiger partial charge in [-0.1, -0.05) is 0 Å². The average Bonchev–Trinajstić information content (AvgIpc) is 2.27. The number of amides is 1. The van der Waals surface area contributed by atoms with Gasteiger partial charge < -0.3 is 15.2 Å². The number of carbonyl (C=O) groups is 2. The van der Waals surface area contributed by atoms with E-state index >= 15 is 0 Å². The van der Waals surface area contributed by atoms with Crippen molar-refractivity contribution in [3.8, 4) is 5.75 Å². The molecular formula is C12H13NO4. The second kappa shape index (κ2) is 4.45. The van der Waals surface area contributed by atoms with Crippen molar-refractivity contribution in [2.75, 3.05) is 5.32 Å². The lowest BCUT2D eigenvalue weighted by Gasteiger charge is -2.23. The van der Waals surface area contributed by atoms with Crippen LogP contribution in [-0.2, 0) is 16.0 Å². The molecule has 2 N–H and O–H groups in total. The second-order valence-electron chi connectivity index (χ2n) is 3.99. The van der Waals surface area contributed by atoms with Crippen molar-refractivity contribution in [2.24, 2.45) is 0 Å². The number of hydrogen-bond donors (Lipinski definition) is 2. The molecule has 17 heavy (non-hydrogen) atoms. The molecule has 1 aliphatic rings. The number of benzene rings is 1. The van der Waals surface area contributed by atoms with Crippen LogP contribution in [-0.4, -0.2) is 23.1 Å². The number of aryl methyl sites for hydroxylation is 1. The summed E-state index contributed by atoms with van der Waals surface area (Å²) in [5, 5.41) is 11.5. The third-order valence-electron chi connectivity index (χ3n) is 2.60. The van der Waals surface area contributed by atoms with Gasteiger partial charge in [0, 0.05) is 12.6 Å². The van der Waals surface area contributed by atoms with Crippen LogP contribution in [0, 0.1) is 0 Å². The van der Waals surface area contributed by atoms with Gasteiger partial charge in [0.25, 0.3) is 0 Å². The Morgan fingerprint density at radius 3 is 2.88 bits per heavy atom. The molecule has 0 fully saturated rings. The van der Waals surface area contributed by atoms with E-state index in [9.17, 15) is 9.59 Å². The third kappa shape index (κ3) is 2.55. The number of carbonyl (C=O) groups excluding carboxylic acids is 1. The van der Waals surface area contributed by atoms with Gasteiger partial charge in [0.15, 0.2) is 6.10 Å². The van der Waals surface area contributed by atoms with Crippen molar-refractivity contribution < 1.29 is 19.4 Å². The molecule has 1 aromatic carbocycles. The minimum absolute atomic E-state index is 0.134. The largest absolute Gasteiger partial charge is 0.479 e. The van der Waals surface area contributed by atoms with Gasteiger partial charge in [0.2, 0.25) is 5.91 Å². The van der Waals surface area contributed by atoms with Crippen LogP contribution in [0.5, 0.6) is 5.75 Å². The predicted molar refractivity (Wildman–Crippen MR) is 61.1 cm³/mol. The first kappa shape index (κ1) is 11.4. The average molecular weight is 235 g/mol. The Morgan fingerprint density at radius 2 is 2.24 bits per heavy atom. The van der Waals surface area contributed by atoms with Gasteiger partial charge in [-0.25, -0.2) is 4.79 Å². The Kier molecular flexibility index (Phi) is 2.99. The highest BCUT2D eigenvalue weighted by Crippen LogP contribution is 2.30. The van der Waals surface area contributed by atoms with E-state index in [0.29, 0.717) is 24.3 Å². The summed E-state index contributed by atoms with van der Waals surface area (Å²) < 4.78 is 5.34. The van der Waals surface area contributed by atoms with Gasteiger partial charge in [0.05, 0.1) is 0 Å². The third-order valence-corrected chi connectivity index (χ3v) is 2.60. The lowest BCUT2D eigenvalue weighted by molar-refractivity contribution is -0.145. The number of carboxylic acid groups (broad SMARTS) is 1. The summed E-state index contributed by atoms with van der Waals surface area (Å²) in [4.78, 5) is 21.7. The van der Waals surface area contributed by atoms with E-state index < -0.39 is 12.1 Å². The zero-order valence-corrected chi connectivity index (χ0v) is 9.40. The first-order chi connectivity index (χ1) is 8.06. The molecule has 90 valence electrons. The van der Waals surface area contributed by atoms with Crippen molar-refractivity contribution >= 4 is 17.6 Å². The topological polar surface area (TPSA) is 75.6 Å². The molecule has 0 bridgehead atoms. The number of anilines is 1. The fraction of sp³-hybridized carbons (Fsp3) is 0.333. The van der Waals surface area contributed by atoms with E-state index in [1.54, 1.807) is 12.1 Å². The number of fused-ring (bicyclic) bond motifs is 1. The molecule has 5 heteroatoms. The maximum atomic E-state index is 10.9. The van der Waals surface area contributed by atoms with Crippen LogP contribution in [0.15, 0.2) is 18.2 Å². The lowest BCUT2D eigenvalue weighted by Crippen LogP contribution is -2.30. The van der Waals surface area contributed by atoms with E-state index in [2.05, 4.69) is 5.32 Å². The van der Waals surface area contributed by atoms with Crippen LogP contribution in [0.2, 0.25) is 0 Å². The molecule has 1 atom stereocenters. The highest BCUT2D eigenvalue weighted by molar-refractivity contribution is 5.88. The summed E-state index contributed by atoms with van der Waals surface area (Å²) >= 11 is 0. The van der Waals surface area contributed by atoms with Crippen LogP contribution >= 0.6 is 0 Å². The van der Waals surface area contributed by atoms with E-state index in [-0.39, 0.29) is 5.91 Å². The van der Waals surface area contributed by atoms with E-state index in [4.69, 9.17) is 9.84 Å². The second-order valence-corrected chi connectivity index (χ2v) is 3.99. The molecule has 0 aliphatic carbocycles. The number of nitrogens with one attached hydrogen (secondary N) is 1. The van der Waals surface area contributed by atoms with Crippen molar-refractivity contribution in [3.63, 3.8) is 0 Å². The monoisotopic (exact) mass is 235 g/mol. The Bertz CT molecular complexity index is 470. The Labute approximate surface area is 98.4 Å². The summed E-state index contributed by atoms with van der Waals surface area (Å²) in [6.07, 6.45) is 0.320. The van der Waals surface area contributed by atoms with E-state index in [1.165, 1.54) is 6.92 Å². The van der Waals surface area contributed by atoms with Gasteiger partial charge in [0.1, 0.15) is 5.75 Å². The van der Waals surface area contributed by atoms with Crippen LogP contribution in [0.4, 0.5) is 5.69 Å². The normalized spacial score (nSPS) is 17.8. The Morgan fingerprint density at radius 1 is 1.47 bits per heavy atom.